The van der Waals surface area contributed by atoms with E-state index in [-0.39, 0.29) is 18.2 Å². The van der Waals surface area contributed by atoms with Crippen LogP contribution in [-0.2, 0) is 11.3 Å². The fourth-order valence-corrected chi connectivity index (χ4v) is 3.93. The number of hydrogen-bond acceptors (Lipinski definition) is 4. The Hall–Kier alpha value is -2.86. The number of methoxy groups -OCH3 is 1. The van der Waals surface area contributed by atoms with Gasteiger partial charge < -0.3 is 14.2 Å². The molecular weight excluding hydrogens is 404 g/mol. The van der Waals surface area contributed by atoms with Gasteiger partial charge in [-0.25, -0.2) is 4.79 Å². The van der Waals surface area contributed by atoms with Crippen molar-refractivity contribution in [2.45, 2.75) is 40.3 Å². The van der Waals surface area contributed by atoms with Crippen LogP contribution in [0.25, 0.3) is 0 Å². The van der Waals surface area contributed by atoms with Crippen molar-refractivity contribution >= 4 is 29.3 Å². The first-order valence-electron chi connectivity index (χ1n) is 9.69. The maximum Gasteiger partial charge on any atom is 0.354 e. The van der Waals surface area contributed by atoms with Crippen LogP contribution in [-0.4, -0.2) is 46.8 Å². The van der Waals surface area contributed by atoms with Crippen molar-refractivity contribution in [2.24, 2.45) is 0 Å². The minimum absolute atomic E-state index is 0.174. The minimum Gasteiger partial charge on any atom is -0.464 e. The average molecular weight is 431 g/mol. The molecule has 0 unspecified atom stereocenters. The number of hydrogen-bond donors (Lipinski definition) is 0. The van der Waals surface area contributed by atoms with E-state index in [1.807, 2.05) is 6.92 Å². The zero-order chi connectivity index (χ0) is 22.6. The topological polar surface area (TPSA) is 68.6 Å². The van der Waals surface area contributed by atoms with Crippen molar-refractivity contribution in [1.29, 1.82) is 0 Å². The molecule has 0 aliphatic heterocycles. The predicted molar refractivity (Wildman–Crippen MR) is 117 cm³/mol. The largest absolute Gasteiger partial charge is 0.464 e. The van der Waals surface area contributed by atoms with Crippen molar-refractivity contribution < 1.29 is 19.1 Å². The van der Waals surface area contributed by atoms with Crippen LogP contribution in [0.2, 0.25) is 5.02 Å². The molecule has 6 nitrogen and oxygen atoms in total. The van der Waals surface area contributed by atoms with Gasteiger partial charge in [0.15, 0.2) is 5.78 Å². The monoisotopic (exact) mass is 430 g/mol. The van der Waals surface area contributed by atoms with Crippen LogP contribution >= 0.6 is 11.6 Å². The first-order chi connectivity index (χ1) is 14.2. The van der Waals surface area contributed by atoms with E-state index in [2.05, 4.69) is 6.58 Å². The van der Waals surface area contributed by atoms with Crippen LogP contribution in [0.3, 0.4) is 0 Å². The Kier molecular flexibility index (Phi) is 7.62. The molecule has 0 N–H and O–H groups in total. The Morgan fingerprint density at radius 1 is 1.27 bits per heavy atom. The van der Waals surface area contributed by atoms with E-state index in [1.165, 1.54) is 12.0 Å². The first-order valence-corrected chi connectivity index (χ1v) is 10.1. The third-order valence-electron chi connectivity index (χ3n) is 5.25. The van der Waals surface area contributed by atoms with Gasteiger partial charge in [0.05, 0.1) is 23.7 Å². The Labute approximate surface area is 182 Å². The first kappa shape index (κ1) is 23.4. The van der Waals surface area contributed by atoms with Crippen LogP contribution in [0, 0.1) is 13.8 Å². The van der Waals surface area contributed by atoms with Gasteiger partial charge in [-0.05, 0) is 45.4 Å². The van der Waals surface area contributed by atoms with Gasteiger partial charge in [-0.2, -0.15) is 0 Å². The molecule has 1 aromatic carbocycles. The number of amides is 1. The highest BCUT2D eigenvalue weighted by atomic mass is 35.5. The second-order valence-electron chi connectivity index (χ2n) is 6.94. The molecule has 0 saturated carbocycles. The van der Waals surface area contributed by atoms with Crippen LogP contribution in [0.1, 0.15) is 56.3 Å². The summed E-state index contributed by atoms with van der Waals surface area (Å²) >= 11 is 6.20. The zero-order valence-corrected chi connectivity index (χ0v) is 18.7. The molecule has 7 heteroatoms. The van der Waals surface area contributed by atoms with Crippen molar-refractivity contribution in [3.05, 3.63) is 70.0 Å². The number of ether oxygens (including phenoxy) is 1. The van der Waals surface area contributed by atoms with E-state index in [0.29, 0.717) is 39.6 Å². The van der Waals surface area contributed by atoms with E-state index >= 15 is 0 Å². The Bertz CT molecular complexity index is 993. The molecule has 0 spiro atoms. The minimum atomic E-state index is -0.789. The Morgan fingerprint density at radius 3 is 2.43 bits per heavy atom. The predicted octanol–water partition coefficient (Wildman–Crippen LogP) is 4.46. The number of aromatic nitrogens is 1. The van der Waals surface area contributed by atoms with Gasteiger partial charge >= 0.3 is 5.97 Å². The molecule has 0 bridgehead atoms. The van der Waals surface area contributed by atoms with Gasteiger partial charge in [-0.15, -0.1) is 6.58 Å². The molecular formula is C23H27ClN2O4. The number of esters is 1. The van der Waals surface area contributed by atoms with E-state index in [4.69, 9.17) is 16.3 Å². The van der Waals surface area contributed by atoms with Crippen molar-refractivity contribution in [2.75, 3.05) is 13.7 Å². The number of benzene rings is 1. The van der Waals surface area contributed by atoms with Gasteiger partial charge in [0, 0.05) is 24.3 Å². The van der Waals surface area contributed by atoms with Gasteiger partial charge in [0.2, 0.25) is 0 Å². The lowest BCUT2D eigenvalue weighted by Crippen LogP contribution is -2.43. The summed E-state index contributed by atoms with van der Waals surface area (Å²) in [5.74, 6) is -1.12. The number of halogens is 1. The van der Waals surface area contributed by atoms with Crippen LogP contribution in [0.15, 0.2) is 36.9 Å². The number of carbonyl (C=O) groups is 3. The summed E-state index contributed by atoms with van der Waals surface area (Å²) in [6.07, 6.45) is 1.56. The summed E-state index contributed by atoms with van der Waals surface area (Å²) < 4.78 is 6.66. The van der Waals surface area contributed by atoms with Crippen molar-refractivity contribution in [3.63, 3.8) is 0 Å². The quantitative estimate of drug-likeness (QED) is 0.352. The molecule has 1 amide bonds. The summed E-state index contributed by atoms with van der Waals surface area (Å²) in [5, 5.41) is 0.314. The highest BCUT2D eigenvalue weighted by molar-refractivity contribution is 6.33. The second-order valence-corrected chi connectivity index (χ2v) is 7.34. The van der Waals surface area contributed by atoms with Crippen molar-refractivity contribution in [3.8, 4) is 0 Å². The standard InChI is InChI=1S/C23H27ClN2O4/c1-7-13-26(22(28)17-11-9-10-12-18(17)24)16(5)21(27)19-14(3)20(23(29)30-6)25(8-2)15(19)4/h7,9-12,16H,1,8,13H2,2-6H3/t16-/m1/s1. The number of ketones is 1. The van der Waals surface area contributed by atoms with Crippen LogP contribution in [0.5, 0.6) is 0 Å². The molecule has 1 atom stereocenters. The molecule has 1 heterocycles. The second kappa shape index (κ2) is 9.76. The molecule has 1 aromatic heterocycles. The van der Waals surface area contributed by atoms with Gasteiger partial charge in [0.1, 0.15) is 5.69 Å². The number of nitrogens with zero attached hydrogens (tertiary/aromatic N) is 2. The number of Topliss-reactive ketones (excluding diaryl/α,β-unsaturated/α-hetero) is 1. The highest BCUT2D eigenvalue weighted by Gasteiger charge is 2.33. The number of rotatable bonds is 8. The maximum absolute atomic E-state index is 13.5. The maximum atomic E-state index is 13.5. The molecule has 30 heavy (non-hydrogen) atoms. The molecule has 160 valence electrons. The summed E-state index contributed by atoms with van der Waals surface area (Å²) in [6, 6.07) is 5.92. The molecule has 0 fully saturated rings. The van der Waals surface area contributed by atoms with E-state index in [9.17, 15) is 14.4 Å². The normalized spacial score (nSPS) is 11.7. The van der Waals surface area contributed by atoms with Gasteiger partial charge in [-0.1, -0.05) is 29.8 Å². The molecule has 0 aliphatic carbocycles. The summed E-state index contributed by atoms with van der Waals surface area (Å²) in [5.41, 5.74) is 2.29. The smallest absolute Gasteiger partial charge is 0.354 e. The molecule has 0 radical (unpaired) electrons. The Morgan fingerprint density at radius 2 is 1.90 bits per heavy atom. The van der Waals surface area contributed by atoms with Gasteiger partial charge in [0.25, 0.3) is 5.91 Å². The highest BCUT2D eigenvalue weighted by Crippen LogP contribution is 2.26. The van der Waals surface area contributed by atoms with Gasteiger partial charge in [-0.3, -0.25) is 9.59 Å². The third kappa shape index (κ3) is 4.19. The number of carbonyl (C=O) groups excluding carboxylic acids is 3. The lowest BCUT2D eigenvalue weighted by atomic mass is 9.99. The molecule has 0 saturated heterocycles. The van der Waals surface area contributed by atoms with E-state index in [0.717, 1.165) is 0 Å². The fourth-order valence-electron chi connectivity index (χ4n) is 3.71. The third-order valence-corrected chi connectivity index (χ3v) is 5.58. The summed E-state index contributed by atoms with van der Waals surface area (Å²) in [7, 11) is 1.31. The summed E-state index contributed by atoms with van der Waals surface area (Å²) in [6.45, 7) is 11.5. The fraction of sp³-hybridized carbons (Fsp3) is 0.348. The molecule has 0 aliphatic rings. The lowest BCUT2D eigenvalue weighted by molar-refractivity contribution is 0.0587. The SMILES string of the molecule is C=CCN(C(=O)c1ccccc1Cl)[C@H](C)C(=O)c1c(C)c(C(=O)OC)n(CC)c1C. The molecule has 2 aromatic rings. The molecule has 2 rings (SSSR count). The average Bonchev–Trinajstić information content (AvgIpc) is 2.99. The van der Waals surface area contributed by atoms with Crippen LogP contribution in [0.4, 0.5) is 0 Å². The van der Waals surface area contributed by atoms with E-state index < -0.39 is 12.0 Å². The summed E-state index contributed by atoms with van der Waals surface area (Å²) in [4.78, 5) is 40.4. The zero-order valence-electron chi connectivity index (χ0n) is 18.0. The van der Waals surface area contributed by atoms with Crippen molar-refractivity contribution in [1.82, 2.24) is 9.47 Å². The van der Waals surface area contributed by atoms with Crippen LogP contribution < -0.4 is 0 Å². The lowest BCUT2D eigenvalue weighted by Gasteiger charge is -2.28. The Balaban J connectivity index is 2.52. The van der Waals surface area contributed by atoms with E-state index in [1.54, 1.807) is 55.7 Å².